The zero-order valence-electron chi connectivity index (χ0n) is 8.57. The fourth-order valence-electron chi connectivity index (χ4n) is 1.45. The van der Waals surface area contributed by atoms with Gasteiger partial charge in [0.15, 0.2) is 0 Å². The molecule has 0 aliphatic carbocycles. The lowest BCUT2D eigenvalue weighted by molar-refractivity contribution is -0.119. The van der Waals surface area contributed by atoms with E-state index in [1.807, 2.05) is 0 Å². The van der Waals surface area contributed by atoms with Crippen molar-refractivity contribution in [3.8, 4) is 0 Å². The molecule has 1 heterocycles. The number of hydrogen-bond donors (Lipinski definition) is 0. The van der Waals surface area contributed by atoms with Gasteiger partial charge < -0.3 is 0 Å². The van der Waals surface area contributed by atoms with Gasteiger partial charge in [-0.2, -0.15) is 5.10 Å². The van der Waals surface area contributed by atoms with Crippen LogP contribution >= 0.6 is 0 Å². The highest BCUT2D eigenvalue weighted by Crippen LogP contribution is 2.23. The highest BCUT2D eigenvalue weighted by atomic mass is 19.1. The standard InChI is InChI=1S/C11H11FN2O/c1-7-8(2)13-14(11(7)15)10-5-3-4-9(12)6-10/h3-7H,1-2H3. The number of anilines is 1. The SMILES string of the molecule is CC1=NN(c2cccc(F)c2)C(=O)C1C. The lowest BCUT2D eigenvalue weighted by Gasteiger charge is -2.12. The third-order valence-corrected chi connectivity index (χ3v) is 2.52. The number of halogens is 1. The van der Waals surface area contributed by atoms with Gasteiger partial charge in [0.25, 0.3) is 5.91 Å². The van der Waals surface area contributed by atoms with E-state index in [2.05, 4.69) is 5.10 Å². The number of nitrogens with zero attached hydrogens (tertiary/aromatic N) is 2. The summed E-state index contributed by atoms with van der Waals surface area (Å²) in [5.74, 6) is -0.695. The van der Waals surface area contributed by atoms with Crippen LogP contribution in [0, 0.1) is 11.7 Å². The summed E-state index contributed by atoms with van der Waals surface area (Å²) in [5.41, 5.74) is 1.23. The Labute approximate surface area is 87.2 Å². The van der Waals surface area contributed by atoms with Crippen molar-refractivity contribution >= 4 is 17.3 Å². The smallest absolute Gasteiger partial charge is 0.255 e. The van der Waals surface area contributed by atoms with Gasteiger partial charge in [0.2, 0.25) is 0 Å². The second-order valence-corrected chi connectivity index (χ2v) is 3.59. The van der Waals surface area contributed by atoms with Crippen molar-refractivity contribution in [2.75, 3.05) is 5.01 Å². The highest BCUT2D eigenvalue weighted by Gasteiger charge is 2.30. The molecule has 1 aliphatic heterocycles. The second-order valence-electron chi connectivity index (χ2n) is 3.59. The van der Waals surface area contributed by atoms with Gasteiger partial charge in [0, 0.05) is 5.71 Å². The maximum Gasteiger partial charge on any atom is 0.255 e. The van der Waals surface area contributed by atoms with Crippen molar-refractivity contribution in [3.05, 3.63) is 30.1 Å². The zero-order valence-corrected chi connectivity index (χ0v) is 8.57. The molecule has 1 unspecified atom stereocenters. The van der Waals surface area contributed by atoms with Crippen molar-refractivity contribution in [3.63, 3.8) is 0 Å². The molecule has 78 valence electrons. The van der Waals surface area contributed by atoms with Crippen molar-refractivity contribution in [1.82, 2.24) is 0 Å². The number of benzene rings is 1. The first kappa shape index (κ1) is 9.83. The Balaban J connectivity index is 2.37. The Kier molecular flexibility index (Phi) is 2.26. The third-order valence-electron chi connectivity index (χ3n) is 2.52. The molecule has 1 aromatic rings. The molecule has 0 aromatic heterocycles. The van der Waals surface area contributed by atoms with E-state index in [9.17, 15) is 9.18 Å². The van der Waals surface area contributed by atoms with E-state index < -0.39 is 0 Å². The molecule has 0 N–H and O–H groups in total. The summed E-state index contributed by atoms with van der Waals surface area (Å²) in [6.45, 7) is 3.59. The van der Waals surface area contributed by atoms with E-state index in [-0.39, 0.29) is 17.6 Å². The summed E-state index contributed by atoms with van der Waals surface area (Å²) in [5, 5.41) is 5.35. The summed E-state index contributed by atoms with van der Waals surface area (Å²) in [6.07, 6.45) is 0. The molecule has 0 fully saturated rings. The Bertz CT molecular complexity index is 442. The summed E-state index contributed by atoms with van der Waals surface area (Å²) in [4.78, 5) is 11.7. The van der Waals surface area contributed by atoms with Gasteiger partial charge in [-0.15, -0.1) is 0 Å². The fraction of sp³-hybridized carbons (Fsp3) is 0.273. The zero-order chi connectivity index (χ0) is 11.0. The number of hydrazone groups is 1. The molecule has 0 saturated carbocycles. The predicted octanol–water partition coefficient (Wildman–Crippen LogP) is 2.18. The number of amides is 1. The van der Waals surface area contributed by atoms with E-state index >= 15 is 0 Å². The molecule has 0 spiro atoms. The van der Waals surface area contributed by atoms with Gasteiger partial charge in [-0.05, 0) is 32.0 Å². The molecule has 15 heavy (non-hydrogen) atoms. The largest absolute Gasteiger partial charge is 0.272 e. The quantitative estimate of drug-likeness (QED) is 0.693. The molecule has 1 atom stereocenters. The van der Waals surface area contributed by atoms with E-state index in [1.54, 1.807) is 26.0 Å². The molecule has 2 rings (SSSR count). The van der Waals surface area contributed by atoms with Gasteiger partial charge in [-0.1, -0.05) is 6.07 Å². The minimum absolute atomic E-state index is 0.113. The van der Waals surface area contributed by atoms with Crippen LogP contribution in [0.4, 0.5) is 10.1 Å². The molecule has 0 saturated heterocycles. The first-order valence-electron chi connectivity index (χ1n) is 4.74. The molecule has 3 nitrogen and oxygen atoms in total. The van der Waals surface area contributed by atoms with Crippen molar-refractivity contribution in [2.45, 2.75) is 13.8 Å². The van der Waals surface area contributed by atoms with Gasteiger partial charge in [-0.25, -0.2) is 9.40 Å². The minimum atomic E-state index is -0.368. The summed E-state index contributed by atoms with van der Waals surface area (Å²) >= 11 is 0. The molecule has 1 aliphatic rings. The number of hydrogen-bond acceptors (Lipinski definition) is 2. The van der Waals surface area contributed by atoms with Crippen LogP contribution in [-0.4, -0.2) is 11.6 Å². The van der Waals surface area contributed by atoms with E-state index in [1.165, 1.54) is 17.1 Å². The Morgan fingerprint density at radius 3 is 2.73 bits per heavy atom. The second kappa shape index (κ2) is 3.46. The van der Waals surface area contributed by atoms with Crippen LogP contribution in [0.25, 0.3) is 0 Å². The average molecular weight is 206 g/mol. The Hall–Kier alpha value is -1.71. The molecular formula is C11H11FN2O. The van der Waals surface area contributed by atoms with Gasteiger partial charge in [0.05, 0.1) is 11.6 Å². The van der Waals surface area contributed by atoms with E-state index in [4.69, 9.17) is 0 Å². The van der Waals surface area contributed by atoms with Crippen molar-refractivity contribution in [1.29, 1.82) is 0 Å². The molecule has 1 amide bonds. The van der Waals surface area contributed by atoms with E-state index in [0.29, 0.717) is 5.69 Å². The van der Waals surface area contributed by atoms with Crippen molar-refractivity contribution in [2.24, 2.45) is 11.0 Å². The van der Waals surface area contributed by atoms with Crippen LogP contribution in [0.5, 0.6) is 0 Å². The topological polar surface area (TPSA) is 32.7 Å². The van der Waals surface area contributed by atoms with Gasteiger partial charge in [0.1, 0.15) is 5.82 Å². The monoisotopic (exact) mass is 206 g/mol. The van der Waals surface area contributed by atoms with Crippen LogP contribution in [-0.2, 0) is 4.79 Å². The molecule has 4 heteroatoms. The predicted molar refractivity (Wildman–Crippen MR) is 56.2 cm³/mol. The molecule has 1 aromatic carbocycles. The summed E-state index contributed by atoms with van der Waals surface area (Å²) < 4.78 is 13.0. The lowest BCUT2D eigenvalue weighted by atomic mass is 10.1. The van der Waals surface area contributed by atoms with Gasteiger partial charge >= 0.3 is 0 Å². The fourth-order valence-corrected chi connectivity index (χ4v) is 1.45. The maximum absolute atomic E-state index is 13.0. The normalized spacial score (nSPS) is 20.7. The van der Waals surface area contributed by atoms with Crippen LogP contribution in [0.15, 0.2) is 29.4 Å². The Morgan fingerprint density at radius 2 is 2.20 bits per heavy atom. The molecular weight excluding hydrogens is 195 g/mol. The number of carbonyl (C=O) groups excluding carboxylic acids is 1. The highest BCUT2D eigenvalue weighted by molar-refractivity contribution is 6.14. The number of rotatable bonds is 1. The third kappa shape index (κ3) is 1.63. The maximum atomic E-state index is 13.0. The first-order valence-corrected chi connectivity index (χ1v) is 4.74. The van der Waals surface area contributed by atoms with Crippen LogP contribution < -0.4 is 5.01 Å². The molecule has 0 radical (unpaired) electrons. The van der Waals surface area contributed by atoms with Crippen LogP contribution in [0.1, 0.15) is 13.8 Å². The van der Waals surface area contributed by atoms with Crippen molar-refractivity contribution < 1.29 is 9.18 Å². The lowest BCUT2D eigenvalue weighted by Crippen LogP contribution is -2.25. The summed E-state index contributed by atoms with van der Waals surface area (Å²) in [6, 6.07) is 5.86. The van der Waals surface area contributed by atoms with E-state index in [0.717, 1.165) is 5.71 Å². The first-order chi connectivity index (χ1) is 7.09. The van der Waals surface area contributed by atoms with Gasteiger partial charge in [-0.3, -0.25) is 4.79 Å². The summed E-state index contributed by atoms with van der Waals surface area (Å²) in [7, 11) is 0. The average Bonchev–Trinajstić information content (AvgIpc) is 2.46. The molecule has 0 bridgehead atoms. The number of carbonyl (C=O) groups is 1. The Morgan fingerprint density at radius 1 is 1.47 bits per heavy atom. The van der Waals surface area contributed by atoms with Crippen LogP contribution in [0.2, 0.25) is 0 Å². The minimum Gasteiger partial charge on any atom is -0.272 e. The van der Waals surface area contributed by atoms with Crippen LogP contribution in [0.3, 0.4) is 0 Å².